The first kappa shape index (κ1) is 25.2. The van der Waals surface area contributed by atoms with Crippen molar-refractivity contribution in [1.29, 1.82) is 0 Å². The number of amides is 1. The summed E-state index contributed by atoms with van der Waals surface area (Å²) in [6, 6.07) is 6.87. The highest BCUT2D eigenvalue weighted by molar-refractivity contribution is 7.80. The van der Waals surface area contributed by atoms with E-state index in [-0.39, 0.29) is 38.4 Å². The topological polar surface area (TPSA) is 109 Å². The summed E-state index contributed by atoms with van der Waals surface area (Å²) in [5.74, 6) is -0.334. The van der Waals surface area contributed by atoms with E-state index in [1.807, 2.05) is 16.4 Å². The summed E-state index contributed by atoms with van der Waals surface area (Å²) in [4.78, 5) is 26.3. The number of nitrogens with zero attached hydrogens (tertiary/aromatic N) is 3. The predicted octanol–water partition coefficient (Wildman–Crippen LogP) is 2.15. The molecule has 1 amide bonds. The van der Waals surface area contributed by atoms with Gasteiger partial charge in [0.15, 0.2) is 11.2 Å². The summed E-state index contributed by atoms with van der Waals surface area (Å²) in [7, 11) is 1.51. The van der Waals surface area contributed by atoms with Crippen LogP contribution in [-0.4, -0.2) is 99.1 Å². The number of carbonyl (C=O) groups is 2. The number of methoxy groups -OCH3 is 1. The molecule has 0 radical (unpaired) electrons. The summed E-state index contributed by atoms with van der Waals surface area (Å²) < 4.78 is 33.1. The zero-order chi connectivity index (χ0) is 24.3. The lowest BCUT2D eigenvalue weighted by Gasteiger charge is -2.46. The highest BCUT2D eigenvalue weighted by Crippen LogP contribution is 2.42. The fourth-order valence-corrected chi connectivity index (χ4v) is 6.71. The largest absolute Gasteiger partial charge is 0.490 e. The maximum atomic E-state index is 13.6. The molecule has 3 aliphatic heterocycles. The van der Waals surface area contributed by atoms with Gasteiger partial charge in [0.1, 0.15) is 24.0 Å². The van der Waals surface area contributed by atoms with Gasteiger partial charge in [0.25, 0.3) is 0 Å². The molecule has 1 aromatic rings. The Kier molecular flexibility index (Phi) is 7.98. The highest BCUT2D eigenvalue weighted by atomic mass is 35.5. The number of piperazine rings is 1. The molecule has 3 unspecified atom stereocenters. The van der Waals surface area contributed by atoms with Crippen LogP contribution >= 0.6 is 11.6 Å². The van der Waals surface area contributed by atoms with E-state index >= 15 is 0 Å². The number of hydrogen-bond acceptors (Lipinski definition) is 6. The Balaban J connectivity index is 1.38. The number of aliphatic carboxylic acids is 1. The van der Waals surface area contributed by atoms with E-state index in [2.05, 4.69) is 0 Å². The number of carboxylic acid groups (broad SMARTS) is 1. The minimum Gasteiger partial charge on any atom is -0.490 e. The second kappa shape index (κ2) is 10.8. The van der Waals surface area contributed by atoms with Crippen molar-refractivity contribution in [1.82, 2.24) is 13.5 Å². The molecule has 0 aromatic heterocycles. The lowest BCUT2D eigenvalue weighted by molar-refractivity contribution is -0.150. The Bertz CT molecular complexity index is 912. The van der Waals surface area contributed by atoms with Gasteiger partial charge < -0.3 is 24.2 Å². The van der Waals surface area contributed by atoms with E-state index in [0.29, 0.717) is 43.8 Å². The maximum absolute atomic E-state index is 13.6. The number of ether oxygens (including phenoxy) is 3. The number of fused-ring (bicyclic) bond motifs is 2. The van der Waals surface area contributed by atoms with E-state index in [4.69, 9.17) is 25.8 Å². The molecule has 0 saturated carbocycles. The molecule has 12 heteroatoms. The van der Waals surface area contributed by atoms with E-state index in [9.17, 15) is 18.9 Å². The van der Waals surface area contributed by atoms with Crippen molar-refractivity contribution in [2.75, 3.05) is 46.5 Å². The van der Waals surface area contributed by atoms with Gasteiger partial charge in [0.2, 0.25) is 0 Å². The minimum absolute atomic E-state index is 0.0155. The molecule has 3 atom stereocenters. The monoisotopic (exact) mass is 515 g/mol. The average molecular weight is 516 g/mol. The van der Waals surface area contributed by atoms with Crippen LogP contribution in [0.1, 0.15) is 25.7 Å². The molecule has 0 aliphatic carbocycles. The summed E-state index contributed by atoms with van der Waals surface area (Å²) in [5, 5.41) is 10.8. The average Bonchev–Trinajstić information content (AvgIpc) is 3.07. The molecule has 34 heavy (non-hydrogen) atoms. The van der Waals surface area contributed by atoms with E-state index in [1.165, 1.54) is 12.0 Å². The molecule has 3 heterocycles. The molecule has 10 nitrogen and oxygen atoms in total. The second-order valence-electron chi connectivity index (χ2n) is 8.77. The second-order valence-corrected chi connectivity index (χ2v) is 10.6. The number of benzene rings is 1. The van der Waals surface area contributed by atoms with Gasteiger partial charge in [-0.1, -0.05) is 11.6 Å². The number of rotatable bonds is 8. The van der Waals surface area contributed by atoms with Crippen LogP contribution in [0.3, 0.4) is 0 Å². The predicted molar refractivity (Wildman–Crippen MR) is 125 cm³/mol. The van der Waals surface area contributed by atoms with Crippen molar-refractivity contribution >= 4 is 34.8 Å². The zero-order valence-corrected chi connectivity index (χ0v) is 20.6. The first-order valence-electron chi connectivity index (χ1n) is 11.4. The third-order valence-corrected chi connectivity index (χ3v) is 8.65. The van der Waals surface area contributed by atoms with Gasteiger partial charge in [-0.25, -0.2) is 13.3 Å². The number of carboxylic acids is 1. The quantitative estimate of drug-likeness (QED) is 0.528. The number of hydrogen-bond donors (Lipinski definition) is 1. The van der Waals surface area contributed by atoms with Crippen LogP contribution in [0.2, 0.25) is 5.02 Å². The Hall–Kier alpha value is -1.92. The number of piperidine rings is 1. The number of carbonyl (C=O) groups excluding carboxylic acids is 1. The molecule has 2 bridgehead atoms. The molecule has 3 saturated heterocycles. The van der Waals surface area contributed by atoms with Crippen molar-refractivity contribution < 1.29 is 33.1 Å². The third kappa shape index (κ3) is 5.18. The summed E-state index contributed by atoms with van der Waals surface area (Å²) in [6.07, 6.45) is 1.64. The van der Waals surface area contributed by atoms with Crippen LogP contribution in [0.4, 0.5) is 4.79 Å². The van der Waals surface area contributed by atoms with Crippen molar-refractivity contribution in [3.63, 3.8) is 0 Å². The van der Waals surface area contributed by atoms with Gasteiger partial charge in [-0.2, -0.15) is 4.31 Å². The zero-order valence-electron chi connectivity index (χ0n) is 19.1. The van der Waals surface area contributed by atoms with E-state index in [1.54, 1.807) is 16.4 Å². The summed E-state index contributed by atoms with van der Waals surface area (Å²) in [6.45, 7) is 1.62. The molecular formula is C22H30ClN3O7S. The molecule has 188 valence electrons. The normalized spacial score (nSPS) is 26.9. The lowest BCUT2D eigenvalue weighted by atomic mass is 9.97. The Morgan fingerprint density at radius 1 is 1.18 bits per heavy atom. The third-order valence-electron chi connectivity index (χ3n) is 6.60. The van der Waals surface area contributed by atoms with Gasteiger partial charge in [-0.05, 0) is 49.9 Å². The maximum Gasteiger partial charge on any atom is 0.409 e. The van der Waals surface area contributed by atoms with Crippen LogP contribution in [0, 0.1) is 0 Å². The van der Waals surface area contributed by atoms with Gasteiger partial charge in [0.05, 0.1) is 13.2 Å². The minimum atomic E-state index is -1.64. The van der Waals surface area contributed by atoms with Crippen LogP contribution in [0.5, 0.6) is 5.75 Å². The van der Waals surface area contributed by atoms with Crippen molar-refractivity contribution in [3.8, 4) is 5.75 Å². The van der Waals surface area contributed by atoms with E-state index in [0.717, 1.165) is 5.75 Å². The molecular weight excluding hydrogens is 486 g/mol. The van der Waals surface area contributed by atoms with Gasteiger partial charge in [-0.3, -0.25) is 4.79 Å². The fourth-order valence-electron chi connectivity index (χ4n) is 4.86. The van der Waals surface area contributed by atoms with E-state index < -0.39 is 28.8 Å². The van der Waals surface area contributed by atoms with Crippen LogP contribution in [0.25, 0.3) is 0 Å². The van der Waals surface area contributed by atoms with Crippen LogP contribution in [-0.2, 0) is 25.4 Å². The summed E-state index contributed by atoms with van der Waals surface area (Å²) in [5.41, 5.74) is -1.40. The van der Waals surface area contributed by atoms with Gasteiger partial charge in [0, 0.05) is 37.8 Å². The molecule has 3 fully saturated rings. The summed E-state index contributed by atoms with van der Waals surface area (Å²) >= 11 is 4.29. The van der Waals surface area contributed by atoms with Crippen LogP contribution in [0.15, 0.2) is 24.3 Å². The van der Waals surface area contributed by atoms with Crippen molar-refractivity contribution in [2.24, 2.45) is 0 Å². The Labute approximate surface area is 206 Å². The van der Waals surface area contributed by atoms with Gasteiger partial charge >= 0.3 is 12.1 Å². The fraction of sp³-hybridized carbons (Fsp3) is 0.636. The first-order chi connectivity index (χ1) is 16.3. The lowest BCUT2D eigenvalue weighted by Crippen LogP contribution is -2.68. The standard InChI is InChI=1S/C22H30ClN3O7S/c1-31-12-13-32-21(29)24-14-17-6-9-22(15-24,20(27)28)26(17)34(30)25-10-7-19(8-11-25)33-18-4-2-16(23)3-5-18/h2-5,17,19H,6-15H2,1H3,(H,27,28). The number of likely N-dealkylation sites (tertiary alicyclic amines) is 1. The first-order valence-corrected chi connectivity index (χ1v) is 12.8. The van der Waals surface area contributed by atoms with Crippen molar-refractivity contribution in [3.05, 3.63) is 29.3 Å². The number of halogens is 1. The van der Waals surface area contributed by atoms with Crippen molar-refractivity contribution in [2.45, 2.75) is 43.4 Å². The van der Waals surface area contributed by atoms with Crippen LogP contribution < -0.4 is 4.74 Å². The SMILES string of the molecule is COCCOC(=O)N1CC2CCC(C(=O)O)(C1)N2S(=O)N1CCC(Oc2ccc(Cl)cc2)CC1. The Morgan fingerprint density at radius 2 is 1.88 bits per heavy atom. The smallest absolute Gasteiger partial charge is 0.409 e. The molecule has 0 spiro atoms. The highest BCUT2D eigenvalue weighted by Gasteiger charge is 2.60. The molecule has 4 rings (SSSR count). The Morgan fingerprint density at radius 3 is 2.53 bits per heavy atom. The molecule has 1 aromatic carbocycles. The molecule has 1 N–H and O–H groups in total. The van der Waals surface area contributed by atoms with Gasteiger partial charge in [-0.15, -0.1) is 0 Å². The molecule has 3 aliphatic rings.